The molecule has 0 spiro atoms. The van der Waals surface area contributed by atoms with Gasteiger partial charge in [0.1, 0.15) is 22.0 Å². The molecule has 2 amide bonds. The second kappa shape index (κ2) is 12.0. The highest BCUT2D eigenvalue weighted by Crippen LogP contribution is 2.23. The van der Waals surface area contributed by atoms with Gasteiger partial charge in [-0.1, -0.05) is 63.3 Å². The number of halogens is 1. The van der Waals surface area contributed by atoms with Crippen molar-refractivity contribution in [2.24, 2.45) is 0 Å². The Hall–Kier alpha value is -4.43. The van der Waals surface area contributed by atoms with E-state index in [1.807, 2.05) is 12.1 Å². The molecule has 0 atom stereocenters. The third kappa shape index (κ3) is 8.83. The smallest absolute Gasteiger partial charge is 0.258 e. The van der Waals surface area contributed by atoms with E-state index in [-0.39, 0.29) is 22.5 Å². The molecule has 0 heterocycles. The Balaban J connectivity index is 1.93. The molecule has 3 rings (SSSR count). The van der Waals surface area contributed by atoms with Gasteiger partial charge >= 0.3 is 0 Å². The molecule has 2 N–H and O–H groups in total. The molecule has 196 valence electrons. The van der Waals surface area contributed by atoms with Crippen molar-refractivity contribution in [2.45, 2.75) is 39.3 Å². The Labute approximate surface area is 231 Å². The predicted octanol–water partition coefficient (Wildman–Crippen LogP) is 7.34. The summed E-state index contributed by atoms with van der Waals surface area (Å²) in [7, 11) is -3.18. The van der Waals surface area contributed by atoms with Gasteiger partial charge in [-0.05, 0) is 48.5 Å². The molecule has 0 fully saturated rings. The summed E-state index contributed by atoms with van der Waals surface area (Å²) in [5, 5.41) is 5.50. The SMILES string of the molecule is [C-]#[N+]c1ccc(C(=O)Nc2ccc(C#C[Si](C)(C)C)cc2C(=O)Nc2ccc(C#C[Si](C)(C)C)cc2)c(F)c1. The number of benzene rings is 3. The zero-order valence-electron chi connectivity index (χ0n) is 22.9. The minimum Gasteiger partial charge on any atom is -0.322 e. The van der Waals surface area contributed by atoms with Crippen molar-refractivity contribution < 1.29 is 14.0 Å². The highest BCUT2D eigenvalue weighted by atomic mass is 28.3. The van der Waals surface area contributed by atoms with Crippen LogP contribution in [0.15, 0.2) is 60.7 Å². The molecular weight excluding hydrogens is 522 g/mol. The first-order chi connectivity index (χ1) is 18.2. The standard InChI is InChI=1S/C31H30FN3O2Si2/c1-33-25-13-14-26(28(32)21-25)30(36)35-29-15-10-23(17-19-39(5,6)7)20-27(29)31(37)34-24-11-8-22(9-12-24)16-18-38(2,3)4/h8-15,20-21H,2-7H3,(H,34,37)(H,35,36). The summed E-state index contributed by atoms with van der Waals surface area (Å²) in [6.07, 6.45) is 0. The maximum atomic E-state index is 14.5. The highest BCUT2D eigenvalue weighted by molar-refractivity contribution is 6.84. The number of hydrogen-bond acceptors (Lipinski definition) is 2. The van der Waals surface area contributed by atoms with Crippen molar-refractivity contribution in [3.8, 4) is 22.9 Å². The van der Waals surface area contributed by atoms with Gasteiger partial charge in [0.25, 0.3) is 11.8 Å². The van der Waals surface area contributed by atoms with Gasteiger partial charge in [0, 0.05) is 16.8 Å². The third-order valence-electron chi connectivity index (χ3n) is 5.15. The molecule has 0 saturated carbocycles. The minimum absolute atomic E-state index is 0.0897. The molecule has 0 bridgehead atoms. The molecule has 0 radical (unpaired) electrons. The molecule has 3 aromatic rings. The number of carbonyl (C=O) groups excluding carboxylic acids is 2. The van der Waals surface area contributed by atoms with Crippen LogP contribution in [0, 0.1) is 35.3 Å². The Bertz CT molecular complexity index is 1590. The number of anilines is 2. The van der Waals surface area contributed by atoms with Gasteiger partial charge in [0.05, 0.1) is 23.4 Å². The van der Waals surface area contributed by atoms with Gasteiger partial charge < -0.3 is 10.6 Å². The van der Waals surface area contributed by atoms with Crippen LogP contribution in [0.5, 0.6) is 0 Å². The first kappa shape index (κ1) is 29.1. The van der Waals surface area contributed by atoms with E-state index >= 15 is 0 Å². The zero-order chi connectivity index (χ0) is 28.8. The van der Waals surface area contributed by atoms with E-state index in [2.05, 4.69) is 77.7 Å². The predicted molar refractivity (Wildman–Crippen MR) is 162 cm³/mol. The third-order valence-corrected chi connectivity index (χ3v) is 6.90. The van der Waals surface area contributed by atoms with Gasteiger partial charge in [-0.15, -0.1) is 11.1 Å². The van der Waals surface area contributed by atoms with Crippen LogP contribution >= 0.6 is 0 Å². The van der Waals surface area contributed by atoms with E-state index in [1.54, 1.807) is 30.3 Å². The average Bonchev–Trinajstić information content (AvgIpc) is 2.86. The zero-order valence-corrected chi connectivity index (χ0v) is 24.9. The van der Waals surface area contributed by atoms with Crippen molar-refractivity contribution in [1.29, 1.82) is 0 Å². The van der Waals surface area contributed by atoms with Crippen molar-refractivity contribution in [1.82, 2.24) is 0 Å². The fourth-order valence-corrected chi connectivity index (χ4v) is 4.26. The van der Waals surface area contributed by atoms with E-state index in [1.165, 1.54) is 12.1 Å². The van der Waals surface area contributed by atoms with Crippen molar-refractivity contribution in [3.05, 3.63) is 100 Å². The molecular formula is C31H30FN3O2Si2. The molecule has 0 saturated heterocycles. The topological polar surface area (TPSA) is 62.6 Å². The van der Waals surface area contributed by atoms with E-state index < -0.39 is 33.8 Å². The van der Waals surface area contributed by atoms with Crippen LogP contribution in [-0.2, 0) is 0 Å². The van der Waals surface area contributed by atoms with Crippen LogP contribution in [0.25, 0.3) is 4.85 Å². The molecule has 0 unspecified atom stereocenters. The second-order valence-electron chi connectivity index (χ2n) is 11.0. The lowest BCUT2D eigenvalue weighted by Crippen LogP contribution is -2.19. The van der Waals surface area contributed by atoms with Crippen LogP contribution in [0.2, 0.25) is 39.3 Å². The maximum absolute atomic E-state index is 14.5. The Morgan fingerprint density at radius 2 is 1.31 bits per heavy atom. The highest BCUT2D eigenvalue weighted by Gasteiger charge is 2.18. The lowest BCUT2D eigenvalue weighted by atomic mass is 10.1. The first-order valence-corrected chi connectivity index (χ1v) is 19.3. The Morgan fingerprint density at radius 1 is 0.744 bits per heavy atom. The quantitative estimate of drug-likeness (QED) is 0.202. The summed E-state index contributed by atoms with van der Waals surface area (Å²) < 4.78 is 14.5. The molecule has 5 nitrogen and oxygen atoms in total. The average molecular weight is 552 g/mol. The van der Waals surface area contributed by atoms with Crippen LogP contribution in [0.4, 0.5) is 21.5 Å². The Kier molecular flexibility index (Phi) is 8.94. The summed E-state index contributed by atoms with van der Waals surface area (Å²) in [5.41, 5.74) is 8.90. The van der Waals surface area contributed by atoms with Gasteiger partial charge in [-0.25, -0.2) is 9.24 Å². The number of nitrogens with zero attached hydrogens (tertiary/aromatic N) is 1. The fourth-order valence-electron chi connectivity index (χ4n) is 3.22. The van der Waals surface area contributed by atoms with E-state index in [0.717, 1.165) is 11.6 Å². The molecule has 0 aliphatic rings. The number of nitrogens with one attached hydrogen (secondary N) is 2. The monoisotopic (exact) mass is 551 g/mol. The van der Waals surface area contributed by atoms with Crippen LogP contribution in [-0.4, -0.2) is 28.0 Å². The molecule has 39 heavy (non-hydrogen) atoms. The van der Waals surface area contributed by atoms with Crippen molar-refractivity contribution >= 4 is 45.0 Å². The van der Waals surface area contributed by atoms with Crippen LogP contribution in [0.1, 0.15) is 31.8 Å². The summed E-state index contributed by atoms with van der Waals surface area (Å²) in [5.74, 6) is 4.31. The molecule has 3 aromatic carbocycles. The molecule has 0 aliphatic heterocycles. The number of rotatable bonds is 4. The lowest BCUT2D eigenvalue weighted by Gasteiger charge is -2.13. The Morgan fingerprint density at radius 3 is 1.87 bits per heavy atom. The lowest BCUT2D eigenvalue weighted by molar-refractivity contribution is 0.102. The van der Waals surface area contributed by atoms with Crippen LogP contribution < -0.4 is 10.6 Å². The number of hydrogen-bond donors (Lipinski definition) is 2. The van der Waals surface area contributed by atoms with E-state index in [0.29, 0.717) is 11.3 Å². The van der Waals surface area contributed by atoms with Crippen LogP contribution in [0.3, 0.4) is 0 Å². The number of amides is 2. The molecule has 8 heteroatoms. The summed E-state index contributed by atoms with van der Waals surface area (Å²) in [6.45, 7) is 19.9. The van der Waals surface area contributed by atoms with Crippen molar-refractivity contribution in [3.63, 3.8) is 0 Å². The fraction of sp³-hybridized carbons (Fsp3) is 0.194. The van der Waals surface area contributed by atoms with Crippen molar-refractivity contribution in [2.75, 3.05) is 10.6 Å². The minimum atomic E-state index is -1.67. The molecule has 0 aromatic heterocycles. The van der Waals surface area contributed by atoms with Gasteiger partial charge in [-0.2, -0.15) is 0 Å². The summed E-state index contributed by atoms with van der Waals surface area (Å²) in [6, 6.07) is 15.8. The molecule has 0 aliphatic carbocycles. The maximum Gasteiger partial charge on any atom is 0.258 e. The normalized spacial score (nSPS) is 10.7. The van der Waals surface area contributed by atoms with Gasteiger partial charge in [0.15, 0.2) is 5.69 Å². The second-order valence-corrected chi connectivity index (χ2v) is 20.5. The largest absolute Gasteiger partial charge is 0.322 e. The van der Waals surface area contributed by atoms with Gasteiger partial charge in [0.2, 0.25) is 0 Å². The summed E-state index contributed by atoms with van der Waals surface area (Å²) in [4.78, 5) is 29.4. The van der Waals surface area contributed by atoms with E-state index in [4.69, 9.17) is 6.57 Å². The van der Waals surface area contributed by atoms with Gasteiger partial charge in [-0.3, -0.25) is 9.59 Å². The van der Waals surface area contributed by atoms with E-state index in [9.17, 15) is 14.0 Å². The first-order valence-electron chi connectivity index (χ1n) is 12.3. The number of carbonyl (C=O) groups is 2. The summed E-state index contributed by atoms with van der Waals surface area (Å²) >= 11 is 0.